The summed E-state index contributed by atoms with van der Waals surface area (Å²) in [7, 11) is 0. The van der Waals surface area contributed by atoms with Crippen LogP contribution in [0.2, 0.25) is 0 Å². The molecule has 0 saturated carbocycles. The molecule has 280 valence electrons. The van der Waals surface area contributed by atoms with Crippen molar-refractivity contribution >= 4 is 43.6 Å². The third-order valence-electron chi connectivity index (χ3n) is 11.0. The molecular formula is C50H39N5OPt. The van der Waals surface area contributed by atoms with E-state index in [0.29, 0.717) is 11.5 Å². The van der Waals surface area contributed by atoms with Crippen molar-refractivity contribution in [2.45, 2.75) is 40.5 Å². The van der Waals surface area contributed by atoms with Gasteiger partial charge in [0.15, 0.2) is 0 Å². The largest absolute Gasteiger partial charge is 2.00 e. The Bertz CT molecular complexity index is 3060. The molecule has 0 amide bonds. The molecule has 10 aromatic rings. The molecule has 0 aliphatic heterocycles. The van der Waals surface area contributed by atoms with Gasteiger partial charge in [0.05, 0.1) is 22.4 Å². The summed E-state index contributed by atoms with van der Waals surface area (Å²) in [4.78, 5) is 4.98. The van der Waals surface area contributed by atoms with Crippen LogP contribution in [0, 0.1) is 26.0 Å². The molecular weight excluding hydrogens is 882 g/mol. The van der Waals surface area contributed by atoms with Gasteiger partial charge in [0.25, 0.3) is 0 Å². The number of hydrogen-bond donors (Lipinski definition) is 0. The summed E-state index contributed by atoms with van der Waals surface area (Å²) in [6.45, 7) is 8.71. The second kappa shape index (κ2) is 14.7. The third kappa shape index (κ3) is 5.98. The fourth-order valence-electron chi connectivity index (χ4n) is 8.51. The minimum Gasteiger partial charge on any atom is -0.509 e. The summed E-state index contributed by atoms with van der Waals surface area (Å²) in [5.74, 6) is 1.99. The van der Waals surface area contributed by atoms with Gasteiger partial charge in [-0.25, -0.2) is 4.98 Å². The van der Waals surface area contributed by atoms with E-state index in [-0.39, 0.29) is 21.1 Å². The molecule has 6 aromatic carbocycles. The van der Waals surface area contributed by atoms with E-state index in [2.05, 4.69) is 158 Å². The number of ether oxygens (including phenoxy) is 1. The Labute approximate surface area is 346 Å². The number of aryl methyl sites for hydroxylation is 3. The van der Waals surface area contributed by atoms with Crippen molar-refractivity contribution in [3.63, 3.8) is 0 Å². The minimum atomic E-state index is 0. The van der Waals surface area contributed by atoms with E-state index in [1.54, 1.807) is 0 Å². The van der Waals surface area contributed by atoms with Gasteiger partial charge in [-0.1, -0.05) is 104 Å². The number of fused-ring (bicyclic) bond motifs is 6. The molecule has 0 aliphatic rings. The van der Waals surface area contributed by atoms with Gasteiger partial charge >= 0.3 is 21.1 Å². The van der Waals surface area contributed by atoms with Gasteiger partial charge < -0.3 is 13.9 Å². The average Bonchev–Trinajstić information content (AvgIpc) is 3.90. The molecule has 0 atom stereocenters. The molecule has 0 aliphatic carbocycles. The van der Waals surface area contributed by atoms with Crippen LogP contribution in [0.1, 0.15) is 36.4 Å². The summed E-state index contributed by atoms with van der Waals surface area (Å²) < 4.78 is 13.2. The number of para-hydroxylation sites is 3. The van der Waals surface area contributed by atoms with E-state index < -0.39 is 0 Å². The van der Waals surface area contributed by atoms with Gasteiger partial charge in [-0.3, -0.25) is 4.68 Å². The zero-order valence-electron chi connectivity index (χ0n) is 32.2. The standard InChI is InChI=1S/C50H39N5O.Pt/c1-5-43-48(34-17-8-7-9-18-34)44(6-2)55(52-43)36-19-14-20-37(29-36)56-38-25-26-40-39-21-10-11-24-45(39)54(46(40)31-38)47-30-35(27-28-51-47)53-49-32(3)15-12-22-41(49)42-23-13-16-33(4)50(42)53;/h7-28,30H,5-6H2,1-4H3;/q-2;+2. The van der Waals surface area contributed by atoms with Crippen molar-refractivity contribution < 1.29 is 25.8 Å². The molecule has 0 spiro atoms. The maximum Gasteiger partial charge on any atom is 2.00 e. The second-order valence-corrected chi connectivity index (χ2v) is 14.3. The summed E-state index contributed by atoms with van der Waals surface area (Å²) in [5, 5.41) is 9.78. The molecule has 4 heterocycles. The molecule has 4 aromatic heterocycles. The Morgan fingerprint density at radius 2 is 1.30 bits per heavy atom. The van der Waals surface area contributed by atoms with Crippen LogP contribution < -0.4 is 4.74 Å². The zero-order chi connectivity index (χ0) is 37.9. The SMILES string of the molecule is CCc1nn(-c2[c-]c(Oc3[c-]c4c(cc3)c3ccccc3n4-c3cc(-n4c5c(C)cccc5c5cccc(C)c54)ccn3)ccc2)c(CC)c1-c1ccccc1.[Pt+2]. The Hall–Kier alpha value is -6.23. The van der Waals surface area contributed by atoms with E-state index in [9.17, 15) is 0 Å². The van der Waals surface area contributed by atoms with E-state index in [0.717, 1.165) is 63.2 Å². The number of hydrogen-bond acceptors (Lipinski definition) is 3. The molecule has 10 rings (SSSR count). The molecule has 0 bridgehead atoms. The van der Waals surface area contributed by atoms with Crippen molar-refractivity contribution in [1.29, 1.82) is 0 Å². The van der Waals surface area contributed by atoms with E-state index in [1.165, 1.54) is 44.1 Å². The van der Waals surface area contributed by atoms with Crippen LogP contribution in [-0.2, 0) is 33.9 Å². The molecule has 0 N–H and O–H groups in total. The number of benzene rings is 6. The van der Waals surface area contributed by atoms with E-state index in [4.69, 9.17) is 14.8 Å². The zero-order valence-corrected chi connectivity index (χ0v) is 34.4. The Morgan fingerprint density at radius 3 is 2.04 bits per heavy atom. The van der Waals surface area contributed by atoms with Crippen LogP contribution in [0.4, 0.5) is 0 Å². The van der Waals surface area contributed by atoms with Crippen LogP contribution in [0.15, 0.2) is 140 Å². The number of nitrogens with zero attached hydrogens (tertiary/aromatic N) is 5. The molecule has 6 nitrogen and oxygen atoms in total. The second-order valence-electron chi connectivity index (χ2n) is 14.3. The Morgan fingerprint density at radius 1 is 0.614 bits per heavy atom. The van der Waals surface area contributed by atoms with Crippen molar-refractivity contribution in [2.75, 3.05) is 0 Å². The molecule has 0 saturated heterocycles. The smallest absolute Gasteiger partial charge is 0.509 e. The van der Waals surface area contributed by atoms with Gasteiger partial charge in [-0.2, -0.15) is 17.2 Å². The molecule has 0 fully saturated rings. The van der Waals surface area contributed by atoms with Crippen LogP contribution in [0.5, 0.6) is 11.5 Å². The fourth-order valence-corrected chi connectivity index (χ4v) is 8.51. The molecule has 57 heavy (non-hydrogen) atoms. The van der Waals surface area contributed by atoms with Crippen LogP contribution in [0.3, 0.4) is 0 Å². The first-order chi connectivity index (χ1) is 27.5. The number of aromatic nitrogens is 5. The van der Waals surface area contributed by atoms with Gasteiger partial charge in [0.1, 0.15) is 5.82 Å². The van der Waals surface area contributed by atoms with E-state index >= 15 is 0 Å². The first-order valence-corrected chi connectivity index (χ1v) is 19.3. The summed E-state index contributed by atoms with van der Waals surface area (Å²) in [6.07, 6.45) is 3.57. The monoisotopic (exact) mass is 920 g/mol. The van der Waals surface area contributed by atoms with Crippen LogP contribution >= 0.6 is 0 Å². The quantitative estimate of drug-likeness (QED) is 0.143. The molecule has 7 heteroatoms. The average molecular weight is 921 g/mol. The Balaban J connectivity index is 0.00000422. The van der Waals surface area contributed by atoms with Gasteiger partial charge in [0.2, 0.25) is 0 Å². The summed E-state index contributed by atoms with van der Waals surface area (Å²) >= 11 is 0. The summed E-state index contributed by atoms with van der Waals surface area (Å²) in [6, 6.07) is 53.6. The third-order valence-corrected chi connectivity index (χ3v) is 11.0. The van der Waals surface area contributed by atoms with Crippen molar-refractivity contribution in [2.24, 2.45) is 0 Å². The van der Waals surface area contributed by atoms with Crippen LogP contribution in [0.25, 0.3) is 71.9 Å². The van der Waals surface area contributed by atoms with Crippen molar-refractivity contribution in [1.82, 2.24) is 23.9 Å². The topological polar surface area (TPSA) is 49.8 Å². The maximum atomic E-state index is 6.57. The number of pyridine rings is 1. The fraction of sp³-hybridized carbons (Fsp3) is 0.120. The van der Waals surface area contributed by atoms with Gasteiger partial charge in [-0.15, -0.1) is 35.7 Å². The normalized spacial score (nSPS) is 11.5. The summed E-state index contributed by atoms with van der Waals surface area (Å²) in [5.41, 5.74) is 13.3. The maximum absolute atomic E-state index is 6.57. The first kappa shape index (κ1) is 36.4. The van der Waals surface area contributed by atoms with Crippen molar-refractivity contribution in [3.05, 3.63) is 174 Å². The first-order valence-electron chi connectivity index (χ1n) is 19.3. The molecule has 0 unspecified atom stereocenters. The van der Waals surface area contributed by atoms with Gasteiger partial charge in [-0.05, 0) is 66.6 Å². The number of rotatable bonds is 8. The van der Waals surface area contributed by atoms with Crippen LogP contribution in [-0.4, -0.2) is 23.9 Å². The van der Waals surface area contributed by atoms with Crippen molar-refractivity contribution in [3.8, 4) is 39.8 Å². The van der Waals surface area contributed by atoms with E-state index in [1.807, 2.05) is 35.1 Å². The minimum absolute atomic E-state index is 0. The Kier molecular flexibility index (Phi) is 9.38. The molecule has 0 radical (unpaired) electrons. The predicted octanol–water partition coefficient (Wildman–Crippen LogP) is 12.3. The predicted molar refractivity (Wildman–Crippen MR) is 228 cm³/mol. The van der Waals surface area contributed by atoms with Gasteiger partial charge in [0, 0.05) is 51.3 Å².